The lowest BCUT2D eigenvalue weighted by Crippen LogP contribution is -2.00. The molecule has 7 aromatic carbocycles. The minimum Gasteiger partial charge on any atom is -0.452 e. The van der Waals surface area contributed by atoms with Crippen molar-refractivity contribution in [2.45, 2.75) is 0 Å². The SMILES string of the molecule is c1ccc(-c2nc(-c3ccc4c(c3)sc3ccccc34)nc(-c3ccc4sc5c(-c6nc(-c7ccccc7)c7oc8ccccc8c7n6)cccc5c4c3)n2)cc1. The van der Waals surface area contributed by atoms with Gasteiger partial charge in [0.1, 0.15) is 16.8 Å². The molecule has 8 heteroatoms. The lowest BCUT2D eigenvalue weighted by atomic mass is 10.1. The van der Waals surface area contributed by atoms with Crippen LogP contribution in [0.3, 0.4) is 0 Å². The lowest BCUT2D eigenvalue weighted by Gasteiger charge is -2.09. The highest BCUT2D eigenvalue weighted by Crippen LogP contribution is 2.43. The second-order valence-electron chi connectivity index (χ2n) is 14.0. The Balaban J connectivity index is 1.02. The molecule has 6 nitrogen and oxygen atoms in total. The zero-order valence-electron chi connectivity index (χ0n) is 30.0. The molecule has 0 radical (unpaired) electrons. The van der Waals surface area contributed by atoms with Gasteiger partial charge in [0.2, 0.25) is 0 Å². The fourth-order valence-electron chi connectivity index (χ4n) is 7.83. The minimum absolute atomic E-state index is 0.626. The van der Waals surface area contributed by atoms with Crippen LogP contribution in [0.4, 0.5) is 0 Å². The van der Waals surface area contributed by atoms with Crippen LogP contribution >= 0.6 is 22.7 Å². The number of benzene rings is 7. The number of thiophene rings is 2. The summed E-state index contributed by atoms with van der Waals surface area (Å²) in [5.74, 6) is 2.57. The number of fused-ring (bicyclic) bond motifs is 9. The van der Waals surface area contributed by atoms with E-state index in [0.717, 1.165) is 70.2 Å². The lowest BCUT2D eigenvalue weighted by molar-refractivity contribution is 0.667. The summed E-state index contributed by atoms with van der Waals surface area (Å²) >= 11 is 3.54. The summed E-state index contributed by atoms with van der Waals surface area (Å²) in [6.07, 6.45) is 0. The third-order valence-electron chi connectivity index (χ3n) is 10.6. The Morgan fingerprint density at radius 3 is 1.82 bits per heavy atom. The third-order valence-corrected chi connectivity index (χ3v) is 12.9. The molecule has 0 aliphatic heterocycles. The van der Waals surface area contributed by atoms with Gasteiger partial charge in [-0.15, -0.1) is 22.7 Å². The maximum absolute atomic E-state index is 6.39. The normalized spacial score (nSPS) is 11.9. The van der Waals surface area contributed by atoms with Gasteiger partial charge in [0, 0.05) is 73.5 Å². The maximum atomic E-state index is 6.39. The van der Waals surface area contributed by atoms with Crippen LogP contribution in [0.1, 0.15) is 0 Å². The Bertz CT molecular complexity index is 3540. The van der Waals surface area contributed by atoms with Crippen molar-refractivity contribution in [1.29, 1.82) is 0 Å². The quantitative estimate of drug-likeness (QED) is 0.174. The predicted octanol–water partition coefficient (Wildman–Crippen LogP) is 13.6. The monoisotopic (exact) mass is 765 g/mol. The molecule has 0 aliphatic rings. The second-order valence-corrected chi connectivity index (χ2v) is 16.2. The van der Waals surface area contributed by atoms with E-state index in [1.54, 1.807) is 22.7 Å². The number of hydrogen-bond donors (Lipinski definition) is 0. The summed E-state index contributed by atoms with van der Waals surface area (Å²) in [5, 5.41) is 5.73. The number of para-hydroxylation sites is 1. The second kappa shape index (κ2) is 12.7. The molecule has 0 amide bonds. The topological polar surface area (TPSA) is 77.6 Å². The molecule has 0 N–H and O–H groups in total. The summed E-state index contributed by atoms with van der Waals surface area (Å²) in [7, 11) is 0. The molecule has 0 spiro atoms. The smallest absolute Gasteiger partial charge is 0.180 e. The Hall–Kier alpha value is -7.13. The highest BCUT2D eigenvalue weighted by molar-refractivity contribution is 7.26. The van der Waals surface area contributed by atoms with Gasteiger partial charge in [-0.2, -0.15) is 0 Å². The predicted molar refractivity (Wildman–Crippen MR) is 236 cm³/mol. The molecule has 0 aliphatic carbocycles. The van der Waals surface area contributed by atoms with Gasteiger partial charge in [-0.3, -0.25) is 0 Å². The van der Waals surface area contributed by atoms with Gasteiger partial charge < -0.3 is 4.42 Å². The van der Waals surface area contributed by atoms with E-state index in [9.17, 15) is 0 Å². The fraction of sp³-hybridized carbons (Fsp3) is 0. The molecule has 12 rings (SSSR count). The van der Waals surface area contributed by atoms with E-state index in [2.05, 4.69) is 97.1 Å². The van der Waals surface area contributed by atoms with Crippen molar-refractivity contribution in [1.82, 2.24) is 24.9 Å². The minimum atomic E-state index is 0.626. The Labute approximate surface area is 333 Å². The average molecular weight is 766 g/mol. The molecule has 0 atom stereocenters. The third kappa shape index (κ3) is 5.26. The van der Waals surface area contributed by atoms with E-state index in [-0.39, 0.29) is 0 Å². The summed E-state index contributed by atoms with van der Waals surface area (Å²) < 4.78 is 11.1. The number of nitrogens with zero attached hydrogens (tertiary/aromatic N) is 5. The molecule has 0 fully saturated rings. The van der Waals surface area contributed by atoms with Crippen LogP contribution in [0.15, 0.2) is 168 Å². The van der Waals surface area contributed by atoms with Crippen molar-refractivity contribution in [2.24, 2.45) is 0 Å². The first-order valence-corrected chi connectivity index (χ1v) is 20.3. The van der Waals surface area contributed by atoms with Gasteiger partial charge in [-0.1, -0.05) is 115 Å². The average Bonchev–Trinajstić information content (AvgIpc) is 3.97. The summed E-state index contributed by atoms with van der Waals surface area (Å²) in [4.78, 5) is 25.6. The number of furan rings is 1. The van der Waals surface area contributed by atoms with E-state index >= 15 is 0 Å². The molecule has 0 saturated carbocycles. The van der Waals surface area contributed by atoms with Crippen LogP contribution in [0.2, 0.25) is 0 Å². The highest BCUT2D eigenvalue weighted by atomic mass is 32.1. The van der Waals surface area contributed by atoms with Crippen molar-refractivity contribution in [2.75, 3.05) is 0 Å². The molecule has 5 aromatic heterocycles. The number of hydrogen-bond acceptors (Lipinski definition) is 8. The van der Waals surface area contributed by atoms with Gasteiger partial charge in [0.25, 0.3) is 0 Å². The van der Waals surface area contributed by atoms with Crippen LogP contribution in [0.25, 0.3) is 119 Å². The van der Waals surface area contributed by atoms with E-state index < -0.39 is 0 Å². The van der Waals surface area contributed by atoms with Crippen LogP contribution in [-0.4, -0.2) is 24.9 Å². The maximum Gasteiger partial charge on any atom is 0.180 e. The molecule has 0 saturated heterocycles. The van der Waals surface area contributed by atoms with Gasteiger partial charge in [0.05, 0.1) is 0 Å². The van der Waals surface area contributed by atoms with Crippen LogP contribution in [0.5, 0.6) is 0 Å². The van der Waals surface area contributed by atoms with Crippen molar-refractivity contribution in [3.63, 3.8) is 0 Å². The Kier molecular flexibility index (Phi) is 7.17. The largest absolute Gasteiger partial charge is 0.452 e. The summed E-state index contributed by atoms with van der Waals surface area (Å²) in [6, 6.07) is 56.4. The molecule has 57 heavy (non-hydrogen) atoms. The molecule has 12 aromatic rings. The molecular formula is C49H27N5OS2. The van der Waals surface area contributed by atoms with Gasteiger partial charge in [-0.05, 0) is 48.5 Å². The van der Waals surface area contributed by atoms with Crippen molar-refractivity contribution >= 4 is 85.1 Å². The first-order chi connectivity index (χ1) is 28.2. The van der Waals surface area contributed by atoms with E-state index in [1.165, 1.54) is 20.2 Å². The van der Waals surface area contributed by atoms with Gasteiger partial charge in [-0.25, -0.2) is 24.9 Å². The Morgan fingerprint density at radius 1 is 0.368 bits per heavy atom. The van der Waals surface area contributed by atoms with Crippen LogP contribution in [0, 0.1) is 0 Å². The fourth-order valence-corrected chi connectivity index (χ4v) is 10.2. The standard InChI is InChI=1S/C49H27N5OS2/c1-3-12-28(13-4-1)42-44-43(35-17-7-9-20-38(35)55-44)51-49(50-42)36-19-11-18-34-37-26-30(23-25-40(37)57-45(34)36)47-52-46(29-14-5-2-6-15-29)53-48(54-47)31-22-24-33-32-16-8-10-21-39(32)56-41(33)27-31/h1-27H. The summed E-state index contributed by atoms with van der Waals surface area (Å²) in [6.45, 7) is 0. The first kappa shape index (κ1) is 32.1. The molecular weight excluding hydrogens is 739 g/mol. The van der Waals surface area contributed by atoms with E-state index in [4.69, 9.17) is 29.3 Å². The van der Waals surface area contributed by atoms with Crippen molar-refractivity contribution in [3.8, 4) is 56.8 Å². The number of rotatable bonds is 5. The molecule has 266 valence electrons. The highest BCUT2D eigenvalue weighted by Gasteiger charge is 2.21. The molecule has 0 bridgehead atoms. The summed E-state index contributed by atoms with van der Waals surface area (Å²) in [5.41, 5.74) is 7.84. The number of aromatic nitrogens is 5. The molecule has 0 unspecified atom stereocenters. The zero-order valence-corrected chi connectivity index (χ0v) is 31.7. The zero-order chi connectivity index (χ0) is 37.5. The first-order valence-electron chi connectivity index (χ1n) is 18.7. The van der Waals surface area contributed by atoms with Gasteiger partial charge >= 0.3 is 0 Å². The van der Waals surface area contributed by atoms with E-state index in [0.29, 0.717) is 28.9 Å². The van der Waals surface area contributed by atoms with E-state index in [1.807, 2.05) is 66.7 Å². The van der Waals surface area contributed by atoms with Crippen LogP contribution in [-0.2, 0) is 0 Å². The van der Waals surface area contributed by atoms with Crippen LogP contribution < -0.4 is 0 Å². The van der Waals surface area contributed by atoms with Crippen molar-refractivity contribution in [3.05, 3.63) is 164 Å². The van der Waals surface area contributed by atoms with Crippen molar-refractivity contribution < 1.29 is 4.42 Å². The van der Waals surface area contributed by atoms with Gasteiger partial charge in [0.15, 0.2) is 28.9 Å². The molecule has 5 heterocycles. The Morgan fingerprint density at radius 2 is 1.00 bits per heavy atom.